The third kappa shape index (κ3) is 3.02. The van der Waals surface area contributed by atoms with E-state index < -0.39 is 0 Å². The van der Waals surface area contributed by atoms with Crippen LogP contribution in [0.25, 0.3) is 33.2 Å². The summed E-state index contributed by atoms with van der Waals surface area (Å²) < 4.78 is 2.12. The first-order valence-electron chi connectivity index (χ1n) is 9.43. The van der Waals surface area contributed by atoms with Crippen LogP contribution in [0.2, 0.25) is 5.02 Å². The van der Waals surface area contributed by atoms with Crippen LogP contribution in [0.5, 0.6) is 0 Å². The largest absolute Gasteiger partial charge is 0.341 e. The molecule has 0 fully saturated rings. The second-order valence-electron chi connectivity index (χ2n) is 7.18. The van der Waals surface area contributed by atoms with Crippen LogP contribution in [-0.4, -0.2) is 14.5 Å². The van der Waals surface area contributed by atoms with Crippen molar-refractivity contribution in [2.45, 2.75) is 13.5 Å². The Balaban J connectivity index is 1.76. The molecule has 29 heavy (non-hydrogen) atoms. The zero-order chi connectivity index (χ0) is 20.0. The third-order valence-electron chi connectivity index (χ3n) is 5.24. The zero-order valence-electron chi connectivity index (χ0n) is 15.8. The summed E-state index contributed by atoms with van der Waals surface area (Å²) in [4.78, 5) is 20.5. The molecule has 142 valence electrons. The number of benzene rings is 3. The van der Waals surface area contributed by atoms with E-state index >= 15 is 0 Å². The molecule has 0 amide bonds. The van der Waals surface area contributed by atoms with E-state index in [0.29, 0.717) is 22.8 Å². The lowest BCUT2D eigenvalue weighted by atomic mass is 10.1. The van der Waals surface area contributed by atoms with E-state index in [4.69, 9.17) is 16.6 Å². The number of nitrogens with one attached hydrogen (secondary N) is 1. The third-order valence-corrected chi connectivity index (χ3v) is 5.54. The number of aromatic nitrogens is 3. The van der Waals surface area contributed by atoms with E-state index in [2.05, 4.69) is 21.7 Å². The van der Waals surface area contributed by atoms with Gasteiger partial charge in [-0.3, -0.25) is 4.79 Å². The Morgan fingerprint density at radius 3 is 2.55 bits per heavy atom. The van der Waals surface area contributed by atoms with Gasteiger partial charge in [-0.2, -0.15) is 0 Å². The SMILES string of the molecule is Cc1cccc2c(=O)[nH]c(-c3cn(Cc4ccccc4)c4c(Cl)cccc34)nc12. The van der Waals surface area contributed by atoms with Crippen LogP contribution in [0.3, 0.4) is 0 Å². The fourth-order valence-corrected chi connectivity index (χ4v) is 4.12. The lowest BCUT2D eigenvalue weighted by molar-refractivity contribution is 0.837. The Bertz CT molecular complexity index is 1420. The van der Waals surface area contributed by atoms with Crippen LogP contribution in [0, 0.1) is 6.92 Å². The van der Waals surface area contributed by atoms with Crippen molar-refractivity contribution in [3.63, 3.8) is 0 Å². The molecule has 0 saturated heterocycles. The first-order chi connectivity index (χ1) is 14.1. The molecule has 0 aliphatic heterocycles. The van der Waals surface area contributed by atoms with Gasteiger partial charge in [-0.05, 0) is 30.2 Å². The molecule has 0 atom stereocenters. The quantitative estimate of drug-likeness (QED) is 0.432. The number of hydrogen-bond acceptors (Lipinski definition) is 2. The van der Waals surface area contributed by atoms with Crippen molar-refractivity contribution in [2.75, 3.05) is 0 Å². The summed E-state index contributed by atoms with van der Waals surface area (Å²) in [7, 11) is 0. The summed E-state index contributed by atoms with van der Waals surface area (Å²) in [6, 6.07) is 21.7. The molecule has 0 radical (unpaired) electrons. The molecule has 2 aromatic heterocycles. The van der Waals surface area contributed by atoms with Gasteiger partial charge in [-0.15, -0.1) is 0 Å². The van der Waals surface area contributed by atoms with E-state index in [0.717, 1.165) is 27.5 Å². The number of nitrogens with zero attached hydrogens (tertiary/aromatic N) is 2. The van der Waals surface area contributed by atoms with E-state index in [-0.39, 0.29) is 5.56 Å². The Morgan fingerprint density at radius 1 is 0.966 bits per heavy atom. The average molecular weight is 400 g/mol. The van der Waals surface area contributed by atoms with Crippen molar-refractivity contribution >= 4 is 33.4 Å². The van der Waals surface area contributed by atoms with Gasteiger partial charge in [0.1, 0.15) is 5.82 Å². The van der Waals surface area contributed by atoms with Gasteiger partial charge >= 0.3 is 0 Å². The first kappa shape index (κ1) is 17.7. The minimum Gasteiger partial charge on any atom is -0.341 e. The molecule has 3 aromatic carbocycles. The summed E-state index contributed by atoms with van der Waals surface area (Å²) in [6.07, 6.45) is 2.02. The van der Waals surface area contributed by atoms with E-state index in [9.17, 15) is 4.79 Å². The fourth-order valence-electron chi connectivity index (χ4n) is 3.84. The van der Waals surface area contributed by atoms with Crippen LogP contribution in [-0.2, 0) is 6.54 Å². The lowest BCUT2D eigenvalue weighted by Crippen LogP contribution is -2.10. The number of H-pyrrole nitrogens is 1. The van der Waals surface area contributed by atoms with E-state index in [1.807, 2.05) is 61.7 Å². The Labute approximate surface area is 172 Å². The van der Waals surface area contributed by atoms with E-state index in [1.54, 1.807) is 6.07 Å². The number of para-hydroxylation sites is 2. The van der Waals surface area contributed by atoms with Crippen molar-refractivity contribution in [1.29, 1.82) is 0 Å². The second-order valence-corrected chi connectivity index (χ2v) is 7.59. The highest BCUT2D eigenvalue weighted by Crippen LogP contribution is 2.33. The van der Waals surface area contributed by atoms with Gasteiger partial charge in [0.15, 0.2) is 0 Å². The molecule has 4 nitrogen and oxygen atoms in total. The molecule has 0 saturated carbocycles. The average Bonchev–Trinajstić information content (AvgIpc) is 3.09. The second kappa shape index (κ2) is 6.90. The topological polar surface area (TPSA) is 50.7 Å². The molecular weight excluding hydrogens is 382 g/mol. The molecule has 0 aliphatic carbocycles. The zero-order valence-corrected chi connectivity index (χ0v) is 16.6. The first-order valence-corrected chi connectivity index (χ1v) is 9.81. The minimum atomic E-state index is -0.139. The van der Waals surface area contributed by atoms with Crippen molar-refractivity contribution in [2.24, 2.45) is 0 Å². The maximum Gasteiger partial charge on any atom is 0.259 e. The molecule has 0 bridgehead atoms. The van der Waals surface area contributed by atoms with Gasteiger partial charge in [-0.1, -0.05) is 66.2 Å². The van der Waals surface area contributed by atoms with Crippen LogP contribution < -0.4 is 5.56 Å². The molecule has 2 heterocycles. The van der Waals surface area contributed by atoms with Crippen molar-refractivity contribution in [3.8, 4) is 11.4 Å². The van der Waals surface area contributed by atoms with Gasteiger partial charge < -0.3 is 9.55 Å². The highest BCUT2D eigenvalue weighted by Gasteiger charge is 2.16. The fraction of sp³-hybridized carbons (Fsp3) is 0.0833. The Morgan fingerprint density at radius 2 is 1.72 bits per heavy atom. The van der Waals surface area contributed by atoms with Gasteiger partial charge in [0.05, 0.1) is 21.4 Å². The van der Waals surface area contributed by atoms with Crippen molar-refractivity contribution in [1.82, 2.24) is 14.5 Å². The maximum atomic E-state index is 12.7. The number of aryl methyl sites for hydroxylation is 1. The van der Waals surface area contributed by atoms with Crippen molar-refractivity contribution < 1.29 is 0 Å². The molecule has 5 aromatic rings. The number of aromatic amines is 1. The van der Waals surface area contributed by atoms with Gasteiger partial charge in [-0.25, -0.2) is 4.98 Å². The molecule has 5 rings (SSSR count). The molecule has 0 unspecified atom stereocenters. The van der Waals surface area contributed by atoms with E-state index in [1.165, 1.54) is 5.56 Å². The highest BCUT2D eigenvalue weighted by atomic mass is 35.5. The predicted octanol–water partition coefficient (Wildman–Crippen LogP) is 5.55. The summed E-state index contributed by atoms with van der Waals surface area (Å²) in [5, 5.41) is 2.23. The van der Waals surface area contributed by atoms with Crippen molar-refractivity contribution in [3.05, 3.63) is 99.4 Å². The van der Waals surface area contributed by atoms with Crippen LogP contribution >= 0.6 is 11.6 Å². The maximum absolute atomic E-state index is 12.7. The van der Waals surface area contributed by atoms with Crippen LogP contribution in [0.15, 0.2) is 77.7 Å². The van der Waals surface area contributed by atoms with Gasteiger partial charge in [0.25, 0.3) is 5.56 Å². The normalized spacial score (nSPS) is 11.4. The number of fused-ring (bicyclic) bond motifs is 2. The lowest BCUT2D eigenvalue weighted by Gasteiger charge is -2.06. The summed E-state index contributed by atoms with van der Waals surface area (Å²) in [6.45, 7) is 2.64. The minimum absolute atomic E-state index is 0.139. The molecular formula is C24H18ClN3O. The number of halogens is 1. The summed E-state index contributed by atoms with van der Waals surface area (Å²) in [5.41, 5.74) is 4.52. The summed E-state index contributed by atoms with van der Waals surface area (Å²) in [5.74, 6) is 0.552. The molecule has 5 heteroatoms. The smallest absolute Gasteiger partial charge is 0.259 e. The van der Waals surface area contributed by atoms with Crippen LogP contribution in [0.4, 0.5) is 0 Å². The Kier molecular flexibility index (Phi) is 4.22. The van der Waals surface area contributed by atoms with Gasteiger partial charge in [0, 0.05) is 23.7 Å². The number of rotatable bonds is 3. The summed E-state index contributed by atoms with van der Waals surface area (Å²) >= 11 is 6.57. The Hall–Kier alpha value is -3.37. The standard InChI is InChI=1S/C24H18ClN3O/c1-15-7-5-11-18-21(15)26-23(27-24(18)29)19-14-28(13-16-8-3-2-4-9-16)22-17(19)10-6-12-20(22)25/h2-12,14H,13H2,1H3,(H,26,27,29). The molecule has 0 aliphatic rings. The highest BCUT2D eigenvalue weighted by molar-refractivity contribution is 6.35. The van der Waals surface area contributed by atoms with Crippen LogP contribution in [0.1, 0.15) is 11.1 Å². The predicted molar refractivity (Wildman–Crippen MR) is 119 cm³/mol. The molecule has 0 spiro atoms. The number of hydrogen-bond donors (Lipinski definition) is 1. The van der Waals surface area contributed by atoms with Gasteiger partial charge in [0.2, 0.25) is 0 Å². The monoisotopic (exact) mass is 399 g/mol. The molecule has 1 N–H and O–H groups in total.